The van der Waals surface area contributed by atoms with Crippen LogP contribution >= 0.6 is 0 Å². The fourth-order valence-electron chi connectivity index (χ4n) is 3.14. The minimum absolute atomic E-state index is 0.605. The van der Waals surface area contributed by atoms with Gasteiger partial charge in [-0.1, -0.05) is 24.3 Å². The molecule has 5 rings (SSSR count). The molecule has 0 saturated heterocycles. The first-order valence-corrected chi connectivity index (χ1v) is 9.30. The molecule has 0 saturated carbocycles. The molecule has 3 aromatic heterocycles. The van der Waals surface area contributed by atoms with Crippen LogP contribution in [0.15, 0.2) is 79.4 Å². The second-order valence-corrected chi connectivity index (χ2v) is 6.52. The van der Waals surface area contributed by atoms with E-state index in [1.54, 1.807) is 19.5 Å². The second-order valence-electron chi connectivity index (χ2n) is 6.52. The third-order valence-corrected chi connectivity index (χ3v) is 4.68. The number of methoxy groups -OCH3 is 1. The molecule has 8 nitrogen and oxygen atoms in total. The van der Waals surface area contributed by atoms with Gasteiger partial charge in [0.25, 0.3) is 0 Å². The molecule has 0 aliphatic carbocycles. The summed E-state index contributed by atoms with van der Waals surface area (Å²) in [5, 5.41) is 11.5. The van der Waals surface area contributed by atoms with Crippen molar-refractivity contribution in [2.75, 3.05) is 7.11 Å². The zero-order chi connectivity index (χ0) is 20.3. The molecule has 0 fully saturated rings. The van der Waals surface area contributed by atoms with Crippen molar-refractivity contribution in [3.8, 4) is 45.6 Å². The van der Waals surface area contributed by atoms with Crippen molar-refractivity contribution < 1.29 is 4.74 Å². The molecule has 2 aromatic carbocycles. The van der Waals surface area contributed by atoms with Crippen LogP contribution in [0.1, 0.15) is 0 Å². The molecule has 0 atom stereocenters. The maximum atomic E-state index is 5.28. The second kappa shape index (κ2) is 7.59. The lowest BCUT2D eigenvalue weighted by Gasteiger charge is -2.07. The molecule has 3 heterocycles. The Kier molecular flexibility index (Phi) is 4.49. The van der Waals surface area contributed by atoms with Gasteiger partial charge in [-0.2, -0.15) is 5.10 Å². The van der Waals surface area contributed by atoms with Gasteiger partial charge in [-0.25, -0.2) is 14.6 Å². The Labute approximate surface area is 172 Å². The summed E-state index contributed by atoms with van der Waals surface area (Å²) in [4.78, 5) is 13.2. The lowest BCUT2D eigenvalue weighted by Crippen LogP contribution is -2.00. The van der Waals surface area contributed by atoms with Crippen LogP contribution in [0.4, 0.5) is 0 Å². The van der Waals surface area contributed by atoms with Gasteiger partial charge in [0, 0.05) is 29.1 Å². The van der Waals surface area contributed by atoms with E-state index in [4.69, 9.17) is 14.8 Å². The van der Waals surface area contributed by atoms with Crippen LogP contribution in [0.25, 0.3) is 39.9 Å². The molecule has 0 spiro atoms. The molecule has 5 aromatic rings. The number of ether oxygens (including phenoxy) is 1. The molecule has 0 amide bonds. The van der Waals surface area contributed by atoms with Crippen LogP contribution in [0, 0.1) is 0 Å². The van der Waals surface area contributed by atoms with E-state index in [9.17, 15) is 0 Å². The fourth-order valence-corrected chi connectivity index (χ4v) is 3.14. The van der Waals surface area contributed by atoms with Gasteiger partial charge in [0.2, 0.25) is 0 Å². The van der Waals surface area contributed by atoms with Crippen molar-refractivity contribution in [1.82, 2.24) is 34.9 Å². The van der Waals surface area contributed by atoms with Gasteiger partial charge in [0.15, 0.2) is 17.5 Å². The Morgan fingerprint density at radius 1 is 0.900 bits per heavy atom. The summed E-state index contributed by atoms with van der Waals surface area (Å²) in [7, 11) is 1.65. The largest absolute Gasteiger partial charge is 0.497 e. The molecule has 0 radical (unpaired) electrons. The summed E-state index contributed by atoms with van der Waals surface area (Å²) in [6, 6.07) is 19.5. The summed E-state index contributed by atoms with van der Waals surface area (Å²) in [6.07, 6.45) is 4.97. The number of hydrogen-bond acceptors (Lipinski definition) is 6. The van der Waals surface area contributed by atoms with Crippen molar-refractivity contribution in [3.63, 3.8) is 0 Å². The Bertz CT molecular complexity index is 1250. The first kappa shape index (κ1) is 17.7. The summed E-state index contributed by atoms with van der Waals surface area (Å²) in [5.74, 6) is 2.83. The summed E-state index contributed by atoms with van der Waals surface area (Å²) in [5.41, 5.74) is 3.60. The smallest absolute Gasteiger partial charge is 0.183 e. The van der Waals surface area contributed by atoms with Crippen LogP contribution < -0.4 is 4.74 Å². The number of aromatic amines is 1. The number of H-pyrrole nitrogens is 1. The number of hydrogen-bond donors (Lipinski definition) is 1. The Hall–Kier alpha value is -4.33. The van der Waals surface area contributed by atoms with Gasteiger partial charge >= 0.3 is 0 Å². The lowest BCUT2D eigenvalue weighted by molar-refractivity contribution is 0.414. The molecule has 30 heavy (non-hydrogen) atoms. The van der Waals surface area contributed by atoms with Crippen molar-refractivity contribution in [2.24, 2.45) is 0 Å². The van der Waals surface area contributed by atoms with E-state index in [1.807, 2.05) is 65.3 Å². The summed E-state index contributed by atoms with van der Waals surface area (Å²) in [6.45, 7) is 0. The first-order valence-electron chi connectivity index (χ1n) is 9.30. The minimum Gasteiger partial charge on any atom is -0.497 e. The van der Waals surface area contributed by atoms with E-state index < -0.39 is 0 Å². The van der Waals surface area contributed by atoms with Gasteiger partial charge in [0.1, 0.15) is 12.1 Å². The van der Waals surface area contributed by atoms with Gasteiger partial charge in [-0.15, -0.1) is 5.10 Å². The molecule has 0 aliphatic rings. The number of rotatable bonds is 5. The summed E-state index contributed by atoms with van der Waals surface area (Å²) < 4.78 is 7.10. The highest BCUT2D eigenvalue weighted by Crippen LogP contribution is 2.27. The predicted octanol–water partition coefficient (Wildman–Crippen LogP) is 3.79. The van der Waals surface area contributed by atoms with Crippen LogP contribution in [-0.4, -0.2) is 42.0 Å². The van der Waals surface area contributed by atoms with Crippen molar-refractivity contribution in [2.45, 2.75) is 0 Å². The highest BCUT2D eigenvalue weighted by atomic mass is 16.5. The SMILES string of the molecule is COc1ccc(-n2nc(-c3cccnc3)nc2-c2ccc(-c3ncn[nH]3)cc2)cc1. The normalized spacial score (nSPS) is 10.8. The molecular weight excluding hydrogens is 378 g/mol. The average molecular weight is 395 g/mol. The maximum absolute atomic E-state index is 5.28. The van der Waals surface area contributed by atoms with E-state index >= 15 is 0 Å². The molecule has 146 valence electrons. The third-order valence-electron chi connectivity index (χ3n) is 4.68. The summed E-state index contributed by atoms with van der Waals surface area (Å²) >= 11 is 0. The van der Waals surface area contributed by atoms with Gasteiger partial charge in [-0.05, 0) is 36.4 Å². The highest BCUT2D eigenvalue weighted by molar-refractivity contribution is 5.67. The molecule has 8 heteroatoms. The topological polar surface area (TPSA) is 94.4 Å². The number of nitrogens with one attached hydrogen (secondary N) is 1. The van der Waals surface area contributed by atoms with Crippen molar-refractivity contribution in [1.29, 1.82) is 0 Å². The molecule has 0 aliphatic heterocycles. The van der Waals surface area contributed by atoms with E-state index in [0.717, 1.165) is 34.0 Å². The Morgan fingerprint density at radius 3 is 2.37 bits per heavy atom. The van der Waals surface area contributed by atoms with Crippen molar-refractivity contribution >= 4 is 0 Å². The standard InChI is InChI=1S/C22H17N7O/c1-30-19-10-8-18(9-11-19)29-22(26-21(28-29)17-3-2-12-23-13-17)16-6-4-15(5-7-16)20-24-14-25-27-20/h2-14H,1H3,(H,24,25,27). The number of pyridine rings is 1. The van der Waals surface area contributed by atoms with E-state index in [2.05, 4.69) is 20.2 Å². The lowest BCUT2D eigenvalue weighted by atomic mass is 10.1. The monoisotopic (exact) mass is 395 g/mol. The Morgan fingerprint density at radius 2 is 1.70 bits per heavy atom. The van der Waals surface area contributed by atoms with Crippen LogP contribution in [0.5, 0.6) is 5.75 Å². The van der Waals surface area contributed by atoms with Gasteiger partial charge in [-0.3, -0.25) is 10.1 Å². The zero-order valence-corrected chi connectivity index (χ0v) is 16.1. The quantitative estimate of drug-likeness (QED) is 0.487. The molecule has 0 unspecified atom stereocenters. The highest BCUT2D eigenvalue weighted by Gasteiger charge is 2.15. The van der Waals surface area contributed by atoms with Crippen molar-refractivity contribution in [3.05, 3.63) is 79.4 Å². The van der Waals surface area contributed by atoms with Crippen LogP contribution in [0.2, 0.25) is 0 Å². The van der Waals surface area contributed by atoms with Crippen LogP contribution in [0.3, 0.4) is 0 Å². The minimum atomic E-state index is 0.605. The Balaban J connectivity index is 1.61. The number of nitrogens with zero attached hydrogens (tertiary/aromatic N) is 6. The third kappa shape index (κ3) is 3.30. The van der Waals surface area contributed by atoms with E-state index in [0.29, 0.717) is 11.6 Å². The zero-order valence-electron chi connectivity index (χ0n) is 16.1. The van der Waals surface area contributed by atoms with E-state index in [-0.39, 0.29) is 0 Å². The average Bonchev–Trinajstić information content (AvgIpc) is 3.51. The number of benzene rings is 2. The number of aromatic nitrogens is 7. The fraction of sp³-hybridized carbons (Fsp3) is 0.0455. The molecular formula is C22H17N7O. The predicted molar refractivity (Wildman–Crippen MR) is 112 cm³/mol. The molecule has 1 N–H and O–H groups in total. The first-order chi connectivity index (χ1) is 14.8. The molecule has 0 bridgehead atoms. The van der Waals surface area contributed by atoms with E-state index in [1.165, 1.54) is 6.33 Å². The van der Waals surface area contributed by atoms with Crippen LogP contribution in [-0.2, 0) is 0 Å². The van der Waals surface area contributed by atoms with Gasteiger partial charge < -0.3 is 4.74 Å². The van der Waals surface area contributed by atoms with Gasteiger partial charge in [0.05, 0.1) is 12.8 Å². The maximum Gasteiger partial charge on any atom is 0.183 e.